The van der Waals surface area contributed by atoms with Crippen LogP contribution in [-0.4, -0.2) is 36.8 Å². The van der Waals surface area contributed by atoms with Gasteiger partial charge in [-0.3, -0.25) is 4.79 Å². The number of aromatic nitrogens is 2. The highest BCUT2D eigenvalue weighted by atomic mass is 16.5. The van der Waals surface area contributed by atoms with Crippen molar-refractivity contribution in [3.05, 3.63) is 54.0 Å². The standard InChI is InChI=1S/C24H27N3O4/c1-29-20-12-16(13-21(30-2)24(20)31-3)14-23(28)25-18-9-7-17(8-10-18)19-15-27-11-5-4-6-22(27)26-19/h7-10,12-13,15H,4-6,11,14H2,1-3H3,(H,25,28). The number of carbonyl (C=O) groups excluding carboxylic acids is 1. The maximum Gasteiger partial charge on any atom is 0.228 e. The second-order valence-corrected chi connectivity index (χ2v) is 7.53. The molecule has 162 valence electrons. The smallest absolute Gasteiger partial charge is 0.228 e. The largest absolute Gasteiger partial charge is 0.493 e. The average Bonchev–Trinajstić information content (AvgIpc) is 3.23. The number of imidazole rings is 1. The Labute approximate surface area is 182 Å². The summed E-state index contributed by atoms with van der Waals surface area (Å²) in [7, 11) is 4.66. The van der Waals surface area contributed by atoms with Gasteiger partial charge in [0.25, 0.3) is 0 Å². The number of amides is 1. The fourth-order valence-electron chi connectivity index (χ4n) is 3.90. The lowest BCUT2D eigenvalue weighted by Gasteiger charge is -2.14. The molecule has 2 aromatic carbocycles. The number of methoxy groups -OCH3 is 3. The Morgan fingerprint density at radius 3 is 2.35 bits per heavy atom. The molecule has 4 rings (SSSR count). The van der Waals surface area contributed by atoms with E-state index in [1.54, 1.807) is 33.5 Å². The highest BCUT2D eigenvalue weighted by molar-refractivity contribution is 5.92. The van der Waals surface area contributed by atoms with Crippen molar-refractivity contribution in [2.75, 3.05) is 26.6 Å². The van der Waals surface area contributed by atoms with Gasteiger partial charge in [-0.2, -0.15) is 0 Å². The molecule has 1 N–H and O–H groups in total. The van der Waals surface area contributed by atoms with Gasteiger partial charge < -0.3 is 24.1 Å². The number of hydrogen-bond donors (Lipinski definition) is 1. The molecule has 1 aromatic heterocycles. The number of fused-ring (bicyclic) bond motifs is 1. The zero-order chi connectivity index (χ0) is 21.8. The zero-order valence-corrected chi connectivity index (χ0v) is 18.1. The van der Waals surface area contributed by atoms with Gasteiger partial charge in [-0.15, -0.1) is 0 Å². The molecule has 0 saturated carbocycles. The lowest BCUT2D eigenvalue weighted by molar-refractivity contribution is -0.115. The van der Waals surface area contributed by atoms with Crippen molar-refractivity contribution in [2.45, 2.75) is 32.2 Å². The molecule has 1 aliphatic heterocycles. The van der Waals surface area contributed by atoms with Crippen LogP contribution in [0.15, 0.2) is 42.6 Å². The second-order valence-electron chi connectivity index (χ2n) is 7.53. The molecular weight excluding hydrogens is 394 g/mol. The predicted molar refractivity (Wildman–Crippen MR) is 119 cm³/mol. The number of nitrogens with one attached hydrogen (secondary N) is 1. The minimum Gasteiger partial charge on any atom is -0.493 e. The van der Waals surface area contributed by atoms with Crippen LogP contribution in [0.3, 0.4) is 0 Å². The van der Waals surface area contributed by atoms with Crippen LogP contribution in [0.5, 0.6) is 17.2 Å². The van der Waals surface area contributed by atoms with Gasteiger partial charge in [0.15, 0.2) is 11.5 Å². The first-order chi connectivity index (χ1) is 15.1. The van der Waals surface area contributed by atoms with E-state index in [4.69, 9.17) is 19.2 Å². The SMILES string of the molecule is COc1cc(CC(=O)Nc2ccc(-c3cn4c(n3)CCCC4)cc2)cc(OC)c1OC. The summed E-state index contributed by atoms with van der Waals surface area (Å²) < 4.78 is 18.3. The number of aryl methyl sites for hydroxylation is 2. The van der Waals surface area contributed by atoms with E-state index >= 15 is 0 Å². The number of nitrogens with zero attached hydrogens (tertiary/aromatic N) is 2. The van der Waals surface area contributed by atoms with Crippen LogP contribution in [0.25, 0.3) is 11.3 Å². The summed E-state index contributed by atoms with van der Waals surface area (Å²) in [6.07, 6.45) is 5.75. The Kier molecular flexibility index (Phi) is 6.11. The first-order valence-electron chi connectivity index (χ1n) is 10.4. The number of hydrogen-bond acceptors (Lipinski definition) is 5. The molecule has 0 saturated heterocycles. The van der Waals surface area contributed by atoms with Crippen LogP contribution in [0.4, 0.5) is 5.69 Å². The molecule has 7 heteroatoms. The first kappa shape index (κ1) is 20.8. The molecule has 0 unspecified atom stereocenters. The predicted octanol–water partition coefficient (Wildman–Crippen LogP) is 4.09. The van der Waals surface area contributed by atoms with Gasteiger partial charge in [0, 0.05) is 30.4 Å². The summed E-state index contributed by atoms with van der Waals surface area (Å²) in [5, 5.41) is 2.94. The third-order valence-electron chi connectivity index (χ3n) is 5.46. The van der Waals surface area contributed by atoms with E-state index in [1.807, 2.05) is 24.3 Å². The summed E-state index contributed by atoms with van der Waals surface area (Å²) in [6, 6.07) is 11.4. The van der Waals surface area contributed by atoms with E-state index in [9.17, 15) is 4.79 Å². The summed E-state index contributed by atoms with van der Waals surface area (Å²) in [4.78, 5) is 17.3. The van der Waals surface area contributed by atoms with Gasteiger partial charge in [0.05, 0.1) is 33.4 Å². The minimum absolute atomic E-state index is 0.125. The van der Waals surface area contributed by atoms with E-state index in [0.717, 1.165) is 41.3 Å². The number of anilines is 1. The molecule has 0 bridgehead atoms. The number of carbonyl (C=O) groups is 1. The lowest BCUT2D eigenvalue weighted by atomic mass is 10.1. The van der Waals surface area contributed by atoms with E-state index < -0.39 is 0 Å². The fourth-order valence-corrected chi connectivity index (χ4v) is 3.90. The quantitative estimate of drug-likeness (QED) is 0.622. The Bertz CT molecular complexity index is 1020. The molecule has 31 heavy (non-hydrogen) atoms. The van der Waals surface area contributed by atoms with Gasteiger partial charge in [-0.25, -0.2) is 4.98 Å². The normalized spacial score (nSPS) is 12.7. The molecule has 0 fully saturated rings. The molecular formula is C24H27N3O4. The molecule has 0 radical (unpaired) electrons. The lowest BCUT2D eigenvalue weighted by Crippen LogP contribution is -2.14. The highest BCUT2D eigenvalue weighted by Gasteiger charge is 2.16. The van der Waals surface area contributed by atoms with Crippen molar-refractivity contribution >= 4 is 11.6 Å². The molecule has 2 heterocycles. The Morgan fingerprint density at radius 1 is 1.03 bits per heavy atom. The maximum atomic E-state index is 12.6. The van der Waals surface area contributed by atoms with Crippen molar-refractivity contribution < 1.29 is 19.0 Å². The van der Waals surface area contributed by atoms with Crippen LogP contribution >= 0.6 is 0 Å². The molecule has 0 aliphatic carbocycles. The highest BCUT2D eigenvalue weighted by Crippen LogP contribution is 2.38. The van der Waals surface area contributed by atoms with E-state index in [-0.39, 0.29) is 12.3 Å². The topological polar surface area (TPSA) is 74.6 Å². The van der Waals surface area contributed by atoms with Crippen molar-refractivity contribution in [2.24, 2.45) is 0 Å². The number of ether oxygens (including phenoxy) is 3. The molecule has 7 nitrogen and oxygen atoms in total. The second kappa shape index (κ2) is 9.12. The van der Waals surface area contributed by atoms with Crippen LogP contribution in [0.1, 0.15) is 24.2 Å². The minimum atomic E-state index is -0.125. The van der Waals surface area contributed by atoms with Crippen LogP contribution < -0.4 is 19.5 Å². The van der Waals surface area contributed by atoms with Gasteiger partial charge in [0.1, 0.15) is 5.82 Å². The maximum absolute atomic E-state index is 12.6. The van der Waals surface area contributed by atoms with E-state index in [1.165, 1.54) is 12.8 Å². The fraction of sp³-hybridized carbons (Fsp3) is 0.333. The van der Waals surface area contributed by atoms with Crippen molar-refractivity contribution in [3.63, 3.8) is 0 Å². The Hall–Kier alpha value is -3.48. The van der Waals surface area contributed by atoms with E-state index in [0.29, 0.717) is 17.2 Å². The van der Waals surface area contributed by atoms with Gasteiger partial charge in [0.2, 0.25) is 11.7 Å². The zero-order valence-electron chi connectivity index (χ0n) is 18.1. The van der Waals surface area contributed by atoms with Crippen molar-refractivity contribution in [1.29, 1.82) is 0 Å². The molecule has 1 aliphatic rings. The van der Waals surface area contributed by atoms with Crippen LogP contribution in [0.2, 0.25) is 0 Å². The van der Waals surface area contributed by atoms with E-state index in [2.05, 4.69) is 16.1 Å². The van der Waals surface area contributed by atoms with Gasteiger partial charge >= 0.3 is 0 Å². The number of rotatable bonds is 7. The first-order valence-corrected chi connectivity index (χ1v) is 10.4. The molecule has 0 spiro atoms. The van der Waals surface area contributed by atoms with Crippen LogP contribution in [0, 0.1) is 0 Å². The van der Waals surface area contributed by atoms with Gasteiger partial charge in [-0.1, -0.05) is 12.1 Å². The molecule has 3 aromatic rings. The van der Waals surface area contributed by atoms with Crippen molar-refractivity contribution in [3.8, 4) is 28.5 Å². The molecule has 0 atom stereocenters. The third kappa shape index (κ3) is 4.50. The average molecular weight is 421 g/mol. The summed E-state index contributed by atoms with van der Waals surface area (Å²) in [5.74, 6) is 2.59. The number of benzene rings is 2. The Balaban J connectivity index is 1.44. The molecule has 1 amide bonds. The summed E-state index contributed by atoms with van der Waals surface area (Å²) >= 11 is 0. The third-order valence-corrected chi connectivity index (χ3v) is 5.46. The Morgan fingerprint density at radius 2 is 1.74 bits per heavy atom. The van der Waals surface area contributed by atoms with Gasteiger partial charge in [-0.05, 0) is 42.7 Å². The van der Waals surface area contributed by atoms with Crippen LogP contribution in [-0.2, 0) is 24.2 Å². The van der Waals surface area contributed by atoms with Crippen molar-refractivity contribution in [1.82, 2.24) is 9.55 Å². The monoisotopic (exact) mass is 421 g/mol. The summed E-state index contributed by atoms with van der Waals surface area (Å²) in [5.41, 5.74) is 3.54. The summed E-state index contributed by atoms with van der Waals surface area (Å²) in [6.45, 7) is 1.04.